The van der Waals surface area contributed by atoms with Crippen LogP contribution in [0.1, 0.15) is 36.3 Å². The second kappa shape index (κ2) is 7.79. The number of anilines is 1. The zero-order chi connectivity index (χ0) is 20.5. The summed E-state index contributed by atoms with van der Waals surface area (Å²) < 4.78 is 26.7. The van der Waals surface area contributed by atoms with Crippen LogP contribution in [0, 0.1) is 11.6 Å². The van der Waals surface area contributed by atoms with E-state index in [1.54, 1.807) is 6.07 Å². The van der Waals surface area contributed by atoms with Crippen LogP contribution in [0.15, 0.2) is 48.5 Å². The normalized spacial score (nSPS) is 15.0. The van der Waals surface area contributed by atoms with Crippen LogP contribution in [0.2, 0.25) is 0 Å². The number of halogens is 2. The molecular formula is C23H23F2N3O. The van der Waals surface area contributed by atoms with Gasteiger partial charge in [0.2, 0.25) is 0 Å². The third-order valence-electron chi connectivity index (χ3n) is 5.33. The van der Waals surface area contributed by atoms with Gasteiger partial charge in [-0.15, -0.1) is 0 Å². The molecule has 1 aliphatic heterocycles. The summed E-state index contributed by atoms with van der Waals surface area (Å²) in [5.74, 6) is -1.92. The van der Waals surface area contributed by atoms with Crippen molar-refractivity contribution in [3.8, 4) is 0 Å². The number of carbonyl (C=O) groups is 1. The number of H-pyrrole nitrogens is 1. The van der Waals surface area contributed by atoms with Crippen LogP contribution in [-0.2, 0) is 0 Å². The van der Waals surface area contributed by atoms with E-state index in [0.717, 1.165) is 54.2 Å². The van der Waals surface area contributed by atoms with Gasteiger partial charge in [0, 0.05) is 41.8 Å². The number of hydrogen-bond acceptors (Lipinski definition) is 2. The predicted molar refractivity (Wildman–Crippen MR) is 112 cm³/mol. The average molecular weight is 395 g/mol. The summed E-state index contributed by atoms with van der Waals surface area (Å²) in [6.07, 6.45) is 3.26. The Kier molecular flexibility index (Phi) is 5.20. The topological polar surface area (TPSA) is 48.1 Å². The molecule has 6 heteroatoms. The standard InChI is InChI=1S/C23H23F2N3O/c1-14(2)28-7-5-15(6-8-28)16-3-4-21-17(9-16)10-22(27-21)23(29)26-20-12-18(24)11-19(25)13-20/h3-5,9-14,27H,6-8H2,1-2H3,(H,26,29). The SMILES string of the molecule is CC(C)N1CC=C(c2ccc3[nH]c(C(=O)Nc4cc(F)cc(F)c4)cc3c2)CC1. The highest BCUT2D eigenvalue weighted by atomic mass is 19.1. The lowest BCUT2D eigenvalue weighted by Crippen LogP contribution is -2.34. The Balaban J connectivity index is 1.55. The Labute approximate surface area is 168 Å². The van der Waals surface area contributed by atoms with E-state index in [2.05, 4.69) is 47.3 Å². The number of nitrogens with one attached hydrogen (secondary N) is 2. The van der Waals surface area contributed by atoms with Crippen molar-refractivity contribution in [3.05, 3.63) is 71.4 Å². The van der Waals surface area contributed by atoms with Crippen LogP contribution in [0.5, 0.6) is 0 Å². The number of carbonyl (C=O) groups excluding carboxylic acids is 1. The van der Waals surface area contributed by atoms with E-state index in [0.29, 0.717) is 11.7 Å². The van der Waals surface area contributed by atoms with Crippen molar-refractivity contribution in [2.75, 3.05) is 18.4 Å². The van der Waals surface area contributed by atoms with Gasteiger partial charge in [0.1, 0.15) is 17.3 Å². The fourth-order valence-corrected chi connectivity index (χ4v) is 3.70. The number of nitrogens with zero attached hydrogens (tertiary/aromatic N) is 1. The first kappa shape index (κ1) is 19.3. The third-order valence-corrected chi connectivity index (χ3v) is 5.33. The summed E-state index contributed by atoms with van der Waals surface area (Å²) in [4.78, 5) is 18.0. The first-order valence-electron chi connectivity index (χ1n) is 9.73. The van der Waals surface area contributed by atoms with Crippen molar-refractivity contribution >= 4 is 28.1 Å². The predicted octanol–water partition coefficient (Wildman–Crippen LogP) is 5.20. The Hall–Kier alpha value is -2.99. The lowest BCUT2D eigenvalue weighted by Gasteiger charge is -2.29. The lowest BCUT2D eigenvalue weighted by molar-refractivity contribution is 0.102. The molecule has 0 saturated carbocycles. The Bertz CT molecular complexity index is 1080. The molecule has 1 aliphatic rings. The zero-order valence-corrected chi connectivity index (χ0v) is 16.4. The van der Waals surface area contributed by atoms with E-state index in [-0.39, 0.29) is 5.69 Å². The molecule has 0 fully saturated rings. The minimum absolute atomic E-state index is 0.0777. The maximum absolute atomic E-state index is 13.3. The van der Waals surface area contributed by atoms with Gasteiger partial charge in [-0.05, 0) is 61.7 Å². The summed E-state index contributed by atoms with van der Waals surface area (Å²) in [5.41, 5.74) is 3.72. The van der Waals surface area contributed by atoms with Crippen LogP contribution < -0.4 is 5.32 Å². The minimum atomic E-state index is -0.738. The summed E-state index contributed by atoms with van der Waals surface area (Å²) in [5, 5.41) is 3.45. The summed E-state index contributed by atoms with van der Waals surface area (Å²) >= 11 is 0. The van der Waals surface area contributed by atoms with Crippen LogP contribution in [0.25, 0.3) is 16.5 Å². The Morgan fingerprint density at radius 1 is 1.10 bits per heavy atom. The Morgan fingerprint density at radius 3 is 2.52 bits per heavy atom. The molecule has 0 unspecified atom stereocenters. The molecule has 29 heavy (non-hydrogen) atoms. The van der Waals surface area contributed by atoms with Gasteiger partial charge in [0.15, 0.2) is 0 Å². The van der Waals surface area contributed by atoms with Crippen molar-refractivity contribution in [1.82, 2.24) is 9.88 Å². The fourth-order valence-electron chi connectivity index (χ4n) is 3.70. The zero-order valence-electron chi connectivity index (χ0n) is 16.4. The monoisotopic (exact) mass is 395 g/mol. The number of aromatic amines is 1. The molecule has 2 aromatic carbocycles. The van der Waals surface area contributed by atoms with Gasteiger partial charge in [-0.25, -0.2) is 8.78 Å². The molecule has 0 spiro atoms. The van der Waals surface area contributed by atoms with E-state index in [1.165, 1.54) is 5.57 Å². The molecule has 0 bridgehead atoms. The highest BCUT2D eigenvalue weighted by Crippen LogP contribution is 2.27. The highest BCUT2D eigenvalue weighted by Gasteiger charge is 2.16. The molecule has 1 amide bonds. The second-order valence-electron chi connectivity index (χ2n) is 7.67. The molecule has 1 aromatic heterocycles. The number of rotatable bonds is 4. The number of aromatic nitrogens is 1. The quantitative estimate of drug-likeness (QED) is 0.638. The van der Waals surface area contributed by atoms with E-state index >= 15 is 0 Å². The highest BCUT2D eigenvalue weighted by molar-refractivity contribution is 6.06. The van der Waals surface area contributed by atoms with E-state index in [9.17, 15) is 13.6 Å². The van der Waals surface area contributed by atoms with Gasteiger partial charge in [0.25, 0.3) is 5.91 Å². The van der Waals surface area contributed by atoms with Crippen molar-refractivity contribution in [1.29, 1.82) is 0 Å². The molecule has 0 aliphatic carbocycles. The summed E-state index contributed by atoms with van der Waals surface area (Å²) in [6, 6.07) is 11.3. The first-order chi connectivity index (χ1) is 13.9. The van der Waals surface area contributed by atoms with Gasteiger partial charge in [0.05, 0.1) is 0 Å². The Morgan fingerprint density at radius 2 is 1.86 bits per heavy atom. The van der Waals surface area contributed by atoms with E-state index in [4.69, 9.17) is 0 Å². The average Bonchev–Trinajstić information content (AvgIpc) is 3.10. The second-order valence-corrected chi connectivity index (χ2v) is 7.67. The van der Waals surface area contributed by atoms with Crippen molar-refractivity contribution in [2.45, 2.75) is 26.3 Å². The van der Waals surface area contributed by atoms with Gasteiger partial charge >= 0.3 is 0 Å². The fraction of sp³-hybridized carbons (Fsp3) is 0.261. The molecule has 2 heterocycles. The smallest absolute Gasteiger partial charge is 0.272 e. The number of hydrogen-bond donors (Lipinski definition) is 2. The lowest BCUT2D eigenvalue weighted by atomic mass is 9.98. The van der Waals surface area contributed by atoms with Crippen LogP contribution in [0.3, 0.4) is 0 Å². The van der Waals surface area contributed by atoms with Crippen LogP contribution >= 0.6 is 0 Å². The van der Waals surface area contributed by atoms with Crippen molar-refractivity contribution < 1.29 is 13.6 Å². The van der Waals surface area contributed by atoms with Crippen molar-refractivity contribution in [2.24, 2.45) is 0 Å². The molecule has 3 aromatic rings. The maximum Gasteiger partial charge on any atom is 0.272 e. The van der Waals surface area contributed by atoms with Crippen LogP contribution in [0.4, 0.5) is 14.5 Å². The number of amides is 1. The molecule has 4 nitrogen and oxygen atoms in total. The third kappa shape index (κ3) is 4.22. The van der Waals surface area contributed by atoms with Gasteiger partial charge in [-0.3, -0.25) is 9.69 Å². The van der Waals surface area contributed by atoms with E-state index in [1.807, 2.05) is 6.07 Å². The van der Waals surface area contributed by atoms with Gasteiger partial charge in [-0.1, -0.05) is 12.1 Å². The van der Waals surface area contributed by atoms with E-state index < -0.39 is 17.5 Å². The number of benzene rings is 2. The molecule has 0 saturated heterocycles. The molecule has 150 valence electrons. The summed E-state index contributed by atoms with van der Waals surface area (Å²) in [7, 11) is 0. The summed E-state index contributed by atoms with van der Waals surface area (Å²) in [6.45, 7) is 6.38. The van der Waals surface area contributed by atoms with Crippen LogP contribution in [-0.4, -0.2) is 34.9 Å². The van der Waals surface area contributed by atoms with Gasteiger partial charge < -0.3 is 10.3 Å². The van der Waals surface area contributed by atoms with Crippen molar-refractivity contribution in [3.63, 3.8) is 0 Å². The molecule has 0 radical (unpaired) electrons. The first-order valence-corrected chi connectivity index (χ1v) is 9.73. The molecular weight excluding hydrogens is 372 g/mol. The number of fused-ring (bicyclic) bond motifs is 1. The molecule has 0 atom stereocenters. The maximum atomic E-state index is 13.3. The molecule has 4 rings (SSSR count). The van der Waals surface area contributed by atoms with Gasteiger partial charge in [-0.2, -0.15) is 0 Å². The molecule has 2 N–H and O–H groups in total. The largest absolute Gasteiger partial charge is 0.351 e. The minimum Gasteiger partial charge on any atom is -0.351 e.